The molecule has 0 unspecified atom stereocenters. The molecular formula is C18H20N4O2. The summed E-state index contributed by atoms with van der Waals surface area (Å²) in [6.45, 7) is 0.252. The van der Waals surface area contributed by atoms with Crippen molar-refractivity contribution in [1.29, 1.82) is 0 Å². The van der Waals surface area contributed by atoms with Gasteiger partial charge in [0.15, 0.2) is 0 Å². The summed E-state index contributed by atoms with van der Waals surface area (Å²) in [5.74, 6) is 0.459. The van der Waals surface area contributed by atoms with E-state index in [1.807, 2.05) is 34.9 Å². The van der Waals surface area contributed by atoms with Gasteiger partial charge in [0.2, 0.25) is 12.3 Å². The first-order valence-electron chi connectivity index (χ1n) is 8.45. The van der Waals surface area contributed by atoms with Crippen molar-refractivity contribution in [1.82, 2.24) is 20.1 Å². The third-order valence-corrected chi connectivity index (χ3v) is 4.66. The van der Waals surface area contributed by atoms with Gasteiger partial charge in [-0.2, -0.15) is 0 Å². The number of carbonyl (C=O) groups is 1. The Morgan fingerprint density at radius 3 is 2.88 bits per heavy atom. The molecule has 0 atom stereocenters. The van der Waals surface area contributed by atoms with Crippen molar-refractivity contribution in [3.63, 3.8) is 0 Å². The molecule has 0 aliphatic heterocycles. The zero-order chi connectivity index (χ0) is 16.4. The zero-order valence-corrected chi connectivity index (χ0v) is 13.4. The number of carbonyl (C=O) groups excluding carboxylic acids is 1. The van der Waals surface area contributed by atoms with E-state index in [-0.39, 0.29) is 12.5 Å². The van der Waals surface area contributed by atoms with Crippen molar-refractivity contribution in [3.05, 3.63) is 36.7 Å². The summed E-state index contributed by atoms with van der Waals surface area (Å²) < 4.78 is 7.29. The fraction of sp³-hybridized carbons (Fsp3) is 0.389. The average Bonchev–Trinajstić information content (AvgIpc) is 3.24. The van der Waals surface area contributed by atoms with E-state index in [4.69, 9.17) is 4.42 Å². The Kier molecular flexibility index (Phi) is 4.02. The van der Waals surface area contributed by atoms with E-state index in [2.05, 4.69) is 15.5 Å². The number of rotatable bonds is 4. The quantitative estimate of drug-likeness (QED) is 0.800. The Morgan fingerprint density at radius 1 is 1.25 bits per heavy atom. The molecule has 1 aliphatic rings. The SMILES string of the molecule is O=C(Cn1c(-c2nnco2)cc2ccccc21)NC1CCCCC1. The number of aromatic nitrogens is 3. The Bertz CT molecular complexity index is 832. The van der Waals surface area contributed by atoms with Crippen LogP contribution >= 0.6 is 0 Å². The van der Waals surface area contributed by atoms with Gasteiger partial charge in [-0.15, -0.1) is 10.2 Å². The highest BCUT2D eigenvalue weighted by Crippen LogP contribution is 2.27. The molecule has 124 valence electrons. The van der Waals surface area contributed by atoms with Gasteiger partial charge in [-0.05, 0) is 25.0 Å². The Labute approximate surface area is 139 Å². The Hall–Kier alpha value is -2.63. The van der Waals surface area contributed by atoms with E-state index in [9.17, 15) is 4.79 Å². The topological polar surface area (TPSA) is 73.0 Å². The van der Waals surface area contributed by atoms with Crippen molar-refractivity contribution in [2.75, 3.05) is 0 Å². The van der Waals surface area contributed by atoms with Crippen LogP contribution in [0.15, 0.2) is 41.1 Å². The predicted molar refractivity (Wildman–Crippen MR) is 90.2 cm³/mol. The van der Waals surface area contributed by atoms with E-state index in [1.54, 1.807) is 0 Å². The van der Waals surface area contributed by atoms with E-state index in [1.165, 1.54) is 25.7 Å². The summed E-state index contributed by atoms with van der Waals surface area (Å²) in [5.41, 5.74) is 1.76. The van der Waals surface area contributed by atoms with Crippen LogP contribution in [0.3, 0.4) is 0 Å². The molecule has 0 saturated heterocycles. The van der Waals surface area contributed by atoms with Crippen molar-refractivity contribution in [2.45, 2.75) is 44.7 Å². The second-order valence-corrected chi connectivity index (χ2v) is 6.32. The molecule has 2 aromatic heterocycles. The minimum atomic E-state index is 0.0315. The van der Waals surface area contributed by atoms with Gasteiger partial charge in [0.05, 0.1) is 0 Å². The molecular weight excluding hydrogens is 304 g/mol. The molecule has 6 nitrogen and oxygen atoms in total. The maximum Gasteiger partial charge on any atom is 0.264 e. The maximum absolute atomic E-state index is 12.5. The van der Waals surface area contributed by atoms with Crippen molar-refractivity contribution >= 4 is 16.8 Å². The number of fused-ring (bicyclic) bond motifs is 1. The molecule has 2 heterocycles. The summed E-state index contributed by atoms with van der Waals surface area (Å²) in [4.78, 5) is 12.5. The molecule has 3 aromatic rings. The molecule has 1 aromatic carbocycles. The number of nitrogens with one attached hydrogen (secondary N) is 1. The lowest BCUT2D eigenvalue weighted by molar-refractivity contribution is -0.122. The highest BCUT2D eigenvalue weighted by molar-refractivity contribution is 5.88. The van der Waals surface area contributed by atoms with E-state index in [0.29, 0.717) is 11.9 Å². The van der Waals surface area contributed by atoms with Gasteiger partial charge >= 0.3 is 0 Å². The van der Waals surface area contributed by atoms with Gasteiger partial charge in [0.1, 0.15) is 12.2 Å². The number of benzene rings is 1. The molecule has 24 heavy (non-hydrogen) atoms. The van der Waals surface area contributed by atoms with Crippen LogP contribution < -0.4 is 5.32 Å². The number of nitrogens with zero attached hydrogens (tertiary/aromatic N) is 3. The molecule has 0 radical (unpaired) electrons. The minimum Gasteiger partial charge on any atom is -0.422 e. The van der Waals surface area contributed by atoms with Gasteiger partial charge in [0.25, 0.3) is 5.89 Å². The molecule has 1 N–H and O–H groups in total. The third kappa shape index (κ3) is 2.91. The van der Waals surface area contributed by atoms with Crippen molar-refractivity contribution in [2.24, 2.45) is 0 Å². The molecule has 0 bridgehead atoms. The van der Waals surface area contributed by atoms with Crippen LogP contribution in [0.2, 0.25) is 0 Å². The molecule has 1 fully saturated rings. The highest BCUT2D eigenvalue weighted by atomic mass is 16.4. The average molecular weight is 324 g/mol. The fourth-order valence-electron chi connectivity index (χ4n) is 3.51. The first kappa shape index (κ1) is 14.9. The summed E-state index contributed by atoms with van der Waals surface area (Å²) in [6, 6.07) is 10.3. The van der Waals surface area contributed by atoms with Crippen LogP contribution in [0.1, 0.15) is 32.1 Å². The summed E-state index contributed by atoms with van der Waals surface area (Å²) in [6.07, 6.45) is 7.13. The van der Waals surface area contributed by atoms with Gasteiger partial charge in [0, 0.05) is 16.9 Å². The van der Waals surface area contributed by atoms with E-state index in [0.717, 1.165) is 29.4 Å². The van der Waals surface area contributed by atoms with Crippen molar-refractivity contribution in [3.8, 4) is 11.6 Å². The second-order valence-electron chi connectivity index (χ2n) is 6.32. The number of hydrogen-bond acceptors (Lipinski definition) is 4. The molecule has 6 heteroatoms. The van der Waals surface area contributed by atoms with Crippen molar-refractivity contribution < 1.29 is 9.21 Å². The first-order chi connectivity index (χ1) is 11.8. The van der Waals surface area contributed by atoms with Crippen LogP contribution in [0.4, 0.5) is 0 Å². The standard InChI is InChI=1S/C18H20N4O2/c23-17(20-14-7-2-1-3-8-14)11-22-15-9-5-4-6-13(15)10-16(22)18-21-19-12-24-18/h4-6,9-10,12,14H,1-3,7-8,11H2,(H,20,23). The van der Waals surface area contributed by atoms with Gasteiger partial charge in [-0.1, -0.05) is 37.5 Å². The van der Waals surface area contributed by atoms with E-state index < -0.39 is 0 Å². The lowest BCUT2D eigenvalue weighted by Crippen LogP contribution is -2.38. The maximum atomic E-state index is 12.5. The molecule has 1 aliphatic carbocycles. The lowest BCUT2D eigenvalue weighted by Gasteiger charge is -2.23. The molecule has 0 spiro atoms. The third-order valence-electron chi connectivity index (χ3n) is 4.66. The minimum absolute atomic E-state index is 0.0315. The molecule has 1 amide bonds. The zero-order valence-electron chi connectivity index (χ0n) is 13.4. The second kappa shape index (κ2) is 6.47. The fourth-order valence-corrected chi connectivity index (χ4v) is 3.51. The summed E-state index contributed by atoms with van der Waals surface area (Å²) in [5, 5.41) is 12.0. The predicted octanol–water partition coefficient (Wildman–Crippen LogP) is 3.14. The lowest BCUT2D eigenvalue weighted by atomic mass is 9.95. The van der Waals surface area contributed by atoms with Crippen LogP contribution in [0.5, 0.6) is 0 Å². The first-order valence-corrected chi connectivity index (χ1v) is 8.45. The molecule has 4 rings (SSSR count). The largest absolute Gasteiger partial charge is 0.422 e. The highest BCUT2D eigenvalue weighted by Gasteiger charge is 2.19. The summed E-state index contributed by atoms with van der Waals surface area (Å²) in [7, 11) is 0. The van der Waals surface area contributed by atoms with Crippen LogP contribution in [-0.2, 0) is 11.3 Å². The van der Waals surface area contributed by atoms with Gasteiger partial charge < -0.3 is 14.3 Å². The van der Waals surface area contributed by atoms with Gasteiger partial charge in [-0.25, -0.2) is 0 Å². The Balaban J connectivity index is 1.62. The van der Waals surface area contributed by atoms with Gasteiger partial charge in [-0.3, -0.25) is 4.79 Å². The van der Waals surface area contributed by atoms with E-state index >= 15 is 0 Å². The monoisotopic (exact) mass is 324 g/mol. The normalized spacial score (nSPS) is 15.7. The van der Waals surface area contributed by atoms with Crippen LogP contribution in [0.25, 0.3) is 22.5 Å². The Morgan fingerprint density at radius 2 is 2.08 bits per heavy atom. The summed E-state index contributed by atoms with van der Waals surface area (Å²) >= 11 is 0. The molecule has 1 saturated carbocycles. The number of amides is 1. The van der Waals surface area contributed by atoms with Crippen LogP contribution in [-0.4, -0.2) is 26.7 Å². The van der Waals surface area contributed by atoms with Crippen LogP contribution in [0, 0.1) is 0 Å². The smallest absolute Gasteiger partial charge is 0.264 e. The number of para-hydroxylation sites is 1. The number of hydrogen-bond donors (Lipinski definition) is 1.